The van der Waals surface area contributed by atoms with Crippen molar-refractivity contribution in [3.63, 3.8) is 0 Å². The van der Waals surface area contributed by atoms with Crippen LogP contribution in [0.3, 0.4) is 0 Å². The average molecular weight is 255 g/mol. The molecule has 1 unspecified atom stereocenters. The summed E-state index contributed by atoms with van der Waals surface area (Å²) >= 11 is 0. The van der Waals surface area contributed by atoms with Crippen LogP contribution in [0.25, 0.3) is 0 Å². The number of nitrogens with one attached hydrogen (secondary N) is 1. The molecule has 0 aromatic carbocycles. The Morgan fingerprint density at radius 1 is 1.11 bits per heavy atom. The summed E-state index contributed by atoms with van der Waals surface area (Å²) in [5.74, 6) is 0.714. The Hall–Kier alpha value is -0.0800. The summed E-state index contributed by atoms with van der Waals surface area (Å²) in [4.78, 5) is 5.15. The van der Waals surface area contributed by atoms with Gasteiger partial charge >= 0.3 is 0 Å². The third kappa shape index (κ3) is 3.08. The lowest BCUT2D eigenvalue weighted by molar-refractivity contribution is -0.0839. The molecule has 0 spiro atoms. The van der Waals surface area contributed by atoms with E-state index < -0.39 is 0 Å². The monoisotopic (exact) mass is 255 g/mol. The molecule has 2 heteroatoms. The number of hydrogen-bond acceptors (Lipinski definition) is 2. The Kier molecular flexibility index (Phi) is 4.55. The minimum atomic E-state index is 0.343. The third-order valence-electron chi connectivity index (χ3n) is 5.34. The Bertz CT molecular complexity index is 274. The van der Waals surface area contributed by atoms with Crippen molar-refractivity contribution in [2.75, 3.05) is 7.11 Å². The SMILES string of the molecule is CONC1CC[C@](C)(C(C)(C)C)[C@H](C(C)(C)C)C1. The van der Waals surface area contributed by atoms with E-state index in [4.69, 9.17) is 4.84 Å². The van der Waals surface area contributed by atoms with Gasteiger partial charge in [0.05, 0.1) is 7.11 Å². The molecule has 0 aromatic rings. The molecule has 108 valence electrons. The highest BCUT2D eigenvalue weighted by molar-refractivity contribution is 5.01. The highest BCUT2D eigenvalue weighted by Crippen LogP contribution is 2.57. The van der Waals surface area contributed by atoms with Crippen LogP contribution in [0.4, 0.5) is 0 Å². The van der Waals surface area contributed by atoms with E-state index in [9.17, 15) is 0 Å². The quantitative estimate of drug-likeness (QED) is 0.738. The number of rotatable bonds is 2. The average Bonchev–Trinajstić information content (AvgIpc) is 2.18. The zero-order chi connectivity index (χ0) is 14.2. The van der Waals surface area contributed by atoms with Crippen molar-refractivity contribution >= 4 is 0 Å². The predicted molar refractivity (Wildman–Crippen MR) is 78.3 cm³/mol. The van der Waals surface area contributed by atoms with Crippen molar-refractivity contribution < 1.29 is 4.84 Å². The molecule has 0 saturated heterocycles. The van der Waals surface area contributed by atoms with Gasteiger partial charge in [-0.1, -0.05) is 48.5 Å². The number of hydroxylamine groups is 1. The summed E-state index contributed by atoms with van der Waals surface area (Å²) in [6.45, 7) is 16.8. The van der Waals surface area contributed by atoms with Crippen LogP contribution in [0.5, 0.6) is 0 Å². The molecule has 0 amide bonds. The second kappa shape index (κ2) is 5.13. The second-order valence-corrected chi connectivity index (χ2v) is 8.38. The van der Waals surface area contributed by atoms with E-state index in [1.807, 2.05) is 0 Å². The van der Waals surface area contributed by atoms with E-state index in [0.717, 1.165) is 0 Å². The van der Waals surface area contributed by atoms with Crippen molar-refractivity contribution in [1.82, 2.24) is 5.48 Å². The fourth-order valence-corrected chi connectivity index (χ4v) is 3.79. The summed E-state index contributed by atoms with van der Waals surface area (Å²) in [6.07, 6.45) is 3.71. The molecule has 1 aliphatic rings. The van der Waals surface area contributed by atoms with Crippen molar-refractivity contribution in [2.45, 2.75) is 73.8 Å². The standard InChI is InChI=1S/C16H33NO/c1-14(2,3)13-11-12(17-18-8)9-10-16(13,7)15(4,5)6/h12-13,17H,9-11H2,1-8H3/t12?,13-,16-/m0/s1. The van der Waals surface area contributed by atoms with E-state index in [-0.39, 0.29) is 0 Å². The van der Waals surface area contributed by atoms with Crippen LogP contribution in [0.2, 0.25) is 0 Å². The van der Waals surface area contributed by atoms with E-state index >= 15 is 0 Å². The molecule has 0 aliphatic heterocycles. The fraction of sp³-hybridized carbons (Fsp3) is 1.00. The molecule has 1 saturated carbocycles. The highest BCUT2D eigenvalue weighted by Gasteiger charge is 2.51. The van der Waals surface area contributed by atoms with Crippen molar-refractivity contribution in [3.05, 3.63) is 0 Å². The fourth-order valence-electron chi connectivity index (χ4n) is 3.79. The van der Waals surface area contributed by atoms with E-state index in [2.05, 4.69) is 53.9 Å². The molecule has 1 N–H and O–H groups in total. The Morgan fingerprint density at radius 3 is 2.06 bits per heavy atom. The maximum atomic E-state index is 5.15. The zero-order valence-electron chi connectivity index (χ0n) is 13.7. The lowest BCUT2D eigenvalue weighted by atomic mass is 9.49. The molecule has 0 heterocycles. The van der Waals surface area contributed by atoms with Gasteiger partial charge in [-0.05, 0) is 41.4 Å². The maximum Gasteiger partial charge on any atom is 0.0572 e. The first-order valence-electron chi connectivity index (χ1n) is 7.31. The van der Waals surface area contributed by atoms with Gasteiger partial charge < -0.3 is 4.84 Å². The largest absolute Gasteiger partial charge is 0.305 e. The third-order valence-corrected chi connectivity index (χ3v) is 5.34. The molecule has 1 rings (SSSR count). The van der Waals surface area contributed by atoms with Crippen LogP contribution in [-0.2, 0) is 4.84 Å². The lowest BCUT2D eigenvalue weighted by Gasteiger charge is -2.56. The van der Waals surface area contributed by atoms with Crippen molar-refractivity contribution in [2.24, 2.45) is 22.2 Å². The molecule has 0 bridgehead atoms. The maximum absolute atomic E-state index is 5.15. The minimum absolute atomic E-state index is 0.343. The van der Waals surface area contributed by atoms with Gasteiger partial charge in [-0.25, -0.2) is 0 Å². The first-order chi connectivity index (χ1) is 8.02. The van der Waals surface area contributed by atoms with Gasteiger partial charge in [0.1, 0.15) is 0 Å². The summed E-state index contributed by atoms with van der Waals surface area (Å²) in [5, 5.41) is 0. The first kappa shape index (κ1) is 16.0. The van der Waals surface area contributed by atoms with Gasteiger partial charge in [0.15, 0.2) is 0 Å². The lowest BCUT2D eigenvalue weighted by Crippen LogP contribution is -2.52. The highest BCUT2D eigenvalue weighted by atomic mass is 16.6. The summed E-state index contributed by atoms with van der Waals surface area (Å²) in [7, 11) is 1.73. The molecule has 3 atom stereocenters. The first-order valence-corrected chi connectivity index (χ1v) is 7.31. The Morgan fingerprint density at radius 2 is 1.67 bits per heavy atom. The molecule has 2 nitrogen and oxygen atoms in total. The van der Waals surface area contributed by atoms with E-state index in [1.165, 1.54) is 19.3 Å². The van der Waals surface area contributed by atoms with Crippen LogP contribution >= 0.6 is 0 Å². The van der Waals surface area contributed by atoms with E-state index in [0.29, 0.717) is 28.2 Å². The molecular weight excluding hydrogens is 222 g/mol. The Balaban J connectivity index is 2.99. The van der Waals surface area contributed by atoms with Crippen LogP contribution < -0.4 is 5.48 Å². The molecule has 1 aliphatic carbocycles. The normalized spacial score (nSPS) is 34.7. The van der Waals surface area contributed by atoms with Crippen molar-refractivity contribution in [1.29, 1.82) is 0 Å². The van der Waals surface area contributed by atoms with Gasteiger partial charge in [-0.3, -0.25) is 0 Å². The molecule has 1 fully saturated rings. The summed E-state index contributed by atoms with van der Waals surface area (Å²) in [5.41, 5.74) is 4.27. The van der Waals surface area contributed by atoms with Crippen LogP contribution in [-0.4, -0.2) is 13.2 Å². The Labute approximate surface area is 114 Å². The second-order valence-electron chi connectivity index (χ2n) is 8.38. The predicted octanol–water partition coefficient (Wildman–Crippen LogP) is 4.40. The van der Waals surface area contributed by atoms with Gasteiger partial charge in [-0.2, -0.15) is 5.48 Å². The van der Waals surface area contributed by atoms with Gasteiger partial charge in [0.2, 0.25) is 0 Å². The molecular formula is C16H33NO. The van der Waals surface area contributed by atoms with Gasteiger partial charge in [0.25, 0.3) is 0 Å². The molecule has 0 aromatic heterocycles. The van der Waals surface area contributed by atoms with Crippen LogP contribution in [0.1, 0.15) is 67.7 Å². The molecule has 0 radical (unpaired) electrons. The number of hydrogen-bond donors (Lipinski definition) is 1. The topological polar surface area (TPSA) is 21.3 Å². The summed E-state index contributed by atoms with van der Waals surface area (Å²) in [6, 6.07) is 0.509. The van der Waals surface area contributed by atoms with Crippen LogP contribution in [0.15, 0.2) is 0 Å². The van der Waals surface area contributed by atoms with Crippen LogP contribution in [0, 0.1) is 22.2 Å². The smallest absolute Gasteiger partial charge is 0.0572 e. The van der Waals surface area contributed by atoms with Crippen molar-refractivity contribution in [3.8, 4) is 0 Å². The summed E-state index contributed by atoms with van der Waals surface area (Å²) < 4.78 is 0. The van der Waals surface area contributed by atoms with Gasteiger partial charge in [-0.15, -0.1) is 0 Å². The van der Waals surface area contributed by atoms with Gasteiger partial charge in [0, 0.05) is 6.04 Å². The van der Waals surface area contributed by atoms with E-state index in [1.54, 1.807) is 7.11 Å². The minimum Gasteiger partial charge on any atom is -0.305 e. The molecule has 18 heavy (non-hydrogen) atoms. The zero-order valence-corrected chi connectivity index (χ0v) is 13.7.